The lowest BCUT2D eigenvalue weighted by Crippen LogP contribution is -2.18. The summed E-state index contributed by atoms with van der Waals surface area (Å²) < 4.78 is 0. The molecular formula is C16H17N3S. The molecule has 0 aliphatic rings. The van der Waals surface area contributed by atoms with Crippen LogP contribution in [0.25, 0.3) is 10.9 Å². The molecule has 2 N–H and O–H groups in total. The number of thiophene rings is 1. The summed E-state index contributed by atoms with van der Waals surface area (Å²) in [6, 6.07) is 12.4. The highest BCUT2D eigenvalue weighted by Gasteiger charge is 2.07. The molecule has 2 aromatic heterocycles. The van der Waals surface area contributed by atoms with E-state index in [9.17, 15) is 0 Å². The minimum atomic E-state index is 0.626. The minimum absolute atomic E-state index is 0.626. The Kier molecular flexibility index (Phi) is 3.67. The predicted octanol–water partition coefficient (Wildman–Crippen LogP) is 3.51. The topological polar surface area (TPSA) is 42.2 Å². The molecule has 0 saturated carbocycles. The molecule has 0 aliphatic heterocycles. The van der Waals surface area contributed by atoms with Crippen molar-refractivity contribution in [3.05, 3.63) is 58.3 Å². The fourth-order valence-electron chi connectivity index (χ4n) is 2.34. The van der Waals surface area contributed by atoms with Gasteiger partial charge in [0.05, 0.1) is 5.52 Å². The van der Waals surface area contributed by atoms with Crippen LogP contribution >= 0.6 is 11.3 Å². The van der Waals surface area contributed by atoms with Crippen LogP contribution in [0.2, 0.25) is 0 Å². The van der Waals surface area contributed by atoms with Gasteiger partial charge in [0, 0.05) is 24.0 Å². The number of anilines is 1. The lowest BCUT2D eigenvalue weighted by molar-refractivity contribution is 0.320. The third-order valence-electron chi connectivity index (χ3n) is 3.31. The average Bonchev–Trinajstić information content (AvgIpc) is 2.92. The summed E-state index contributed by atoms with van der Waals surface area (Å²) in [4.78, 5) is 6.73. The molecule has 1 aromatic carbocycles. The van der Waals surface area contributed by atoms with E-state index in [0.717, 1.165) is 29.6 Å². The molecular weight excluding hydrogens is 266 g/mol. The van der Waals surface area contributed by atoms with Gasteiger partial charge in [0.25, 0.3) is 0 Å². The Hall–Kier alpha value is -1.91. The number of hydrogen-bond donors (Lipinski definition) is 1. The number of nitrogen functional groups attached to an aromatic ring is 1. The van der Waals surface area contributed by atoms with Crippen LogP contribution in [0.15, 0.2) is 47.2 Å². The van der Waals surface area contributed by atoms with Crippen molar-refractivity contribution in [2.24, 2.45) is 0 Å². The van der Waals surface area contributed by atoms with Gasteiger partial charge < -0.3 is 5.73 Å². The van der Waals surface area contributed by atoms with Gasteiger partial charge in [0.2, 0.25) is 0 Å². The Morgan fingerprint density at radius 2 is 2.05 bits per heavy atom. The number of hydrogen-bond acceptors (Lipinski definition) is 4. The second kappa shape index (κ2) is 5.61. The van der Waals surface area contributed by atoms with Gasteiger partial charge in [-0.15, -0.1) is 0 Å². The Bertz CT molecular complexity index is 707. The molecule has 0 bridgehead atoms. The molecule has 0 saturated heterocycles. The molecule has 0 spiro atoms. The van der Waals surface area contributed by atoms with Crippen molar-refractivity contribution in [1.82, 2.24) is 9.88 Å². The summed E-state index contributed by atoms with van der Waals surface area (Å²) in [5, 5.41) is 5.42. The SMILES string of the molecule is CN(Cc1ccsc1)Cc1cc2ccccc2nc1N. The molecule has 20 heavy (non-hydrogen) atoms. The molecule has 4 heteroatoms. The maximum Gasteiger partial charge on any atom is 0.128 e. The van der Waals surface area contributed by atoms with Crippen molar-refractivity contribution in [2.75, 3.05) is 12.8 Å². The Morgan fingerprint density at radius 1 is 1.20 bits per heavy atom. The first-order valence-electron chi connectivity index (χ1n) is 6.56. The van der Waals surface area contributed by atoms with Gasteiger partial charge in [-0.2, -0.15) is 11.3 Å². The standard InChI is InChI=1S/C16H17N3S/c1-19(9-12-6-7-20-11-12)10-14-8-13-4-2-3-5-15(13)18-16(14)17/h2-8,11H,9-10H2,1H3,(H2,17,18). The fraction of sp³-hybridized carbons (Fsp3) is 0.188. The summed E-state index contributed by atoms with van der Waals surface area (Å²) in [5.74, 6) is 0.626. The third-order valence-corrected chi connectivity index (χ3v) is 4.04. The lowest BCUT2D eigenvalue weighted by Gasteiger charge is -2.17. The van der Waals surface area contributed by atoms with Crippen LogP contribution in [0.1, 0.15) is 11.1 Å². The van der Waals surface area contributed by atoms with Gasteiger partial charge in [-0.25, -0.2) is 4.98 Å². The summed E-state index contributed by atoms with van der Waals surface area (Å²) in [6.07, 6.45) is 0. The van der Waals surface area contributed by atoms with Gasteiger partial charge >= 0.3 is 0 Å². The zero-order valence-electron chi connectivity index (χ0n) is 11.4. The van der Waals surface area contributed by atoms with Crippen LogP contribution in [-0.2, 0) is 13.1 Å². The Morgan fingerprint density at radius 3 is 2.85 bits per heavy atom. The van der Waals surface area contributed by atoms with Gasteiger partial charge in [-0.1, -0.05) is 18.2 Å². The van der Waals surface area contributed by atoms with Gasteiger partial charge in [0.1, 0.15) is 5.82 Å². The molecule has 0 amide bonds. The maximum atomic E-state index is 6.07. The van der Waals surface area contributed by atoms with Gasteiger partial charge in [-0.3, -0.25) is 4.90 Å². The number of para-hydroxylation sites is 1. The van der Waals surface area contributed by atoms with Crippen LogP contribution in [0, 0.1) is 0 Å². The van der Waals surface area contributed by atoms with E-state index in [-0.39, 0.29) is 0 Å². The average molecular weight is 283 g/mol. The number of nitrogens with two attached hydrogens (primary N) is 1. The van der Waals surface area contributed by atoms with Crippen molar-refractivity contribution in [1.29, 1.82) is 0 Å². The lowest BCUT2D eigenvalue weighted by atomic mass is 10.1. The number of rotatable bonds is 4. The molecule has 2 heterocycles. The largest absolute Gasteiger partial charge is 0.383 e. The molecule has 0 fully saturated rings. The molecule has 0 aliphatic carbocycles. The first kappa shape index (κ1) is 13.1. The van der Waals surface area contributed by atoms with E-state index in [2.05, 4.69) is 45.9 Å². The van der Waals surface area contributed by atoms with Crippen molar-refractivity contribution >= 4 is 28.1 Å². The second-order valence-electron chi connectivity index (χ2n) is 5.03. The van der Waals surface area contributed by atoms with Crippen molar-refractivity contribution in [3.8, 4) is 0 Å². The zero-order valence-corrected chi connectivity index (χ0v) is 12.2. The highest BCUT2D eigenvalue weighted by Crippen LogP contribution is 2.20. The normalized spacial score (nSPS) is 11.3. The van der Waals surface area contributed by atoms with Crippen LogP contribution < -0.4 is 5.73 Å². The molecule has 3 aromatic rings. The molecule has 3 nitrogen and oxygen atoms in total. The van der Waals surface area contributed by atoms with E-state index in [4.69, 9.17) is 5.73 Å². The van der Waals surface area contributed by atoms with E-state index in [1.807, 2.05) is 18.2 Å². The Balaban J connectivity index is 1.81. The molecule has 0 atom stereocenters. The summed E-state index contributed by atoms with van der Waals surface area (Å²) in [5.41, 5.74) is 9.45. The monoisotopic (exact) mass is 283 g/mol. The predicted molar refractivity (Wildman–Crippen MR) is 85.6 cm³/mol. The van der Waals surface area contributed by atoms with Gasteiger partial charge in [0.15, 0.2) is 0 Å². The van der Waals surface area contributed by atoms with E-state index in [0.29, 0.717) is 5.82 Å². The highest BCUT2D eigenvalue weighted by atomic mass is 32.1. The number of nitrogens with zero attached hydrogens (tertiary/aromatic N) is 2. The summed E-state index contributed by atoms with van der Waals surface area (Å²) >= 11 is 1.73. The quantitative estimate of drug-likeness (QED) is 0.796. The summed E-state index contributed by atoms with van der Waals surface area (Å²) in [6.45, 7) is 1.73. The minimum Gasteiger partial charge on any atom is -0.383 e. The molecule has 102 valence electrons. The van der Waals surface area contributed by atoms with Crippen molar-refractivity contribution in [2.45, 2.75) is 13.1 Å². The van der Waals surface area contributed by atoms with E-state index in [1.54, 1.807) is 11.3 Å². The van der Waals surface area contributed by atoms with Crippen molar-refractivity contribution in [3.63, 3.8) is 0 Å². The first-order chi connectivity index (χ1) is 9.72. The van der Waals surface area contributed by atoms with Crippen LogP contribution in [-0.4, -0.2) is 16.9 Å². The molecule has 0 unspecified atom stereocenters. The fourth-order valence-corrected chi connectivity index (χ4v) is 3.00. The smallest absolute Gasteiger partial charge is 0.128 e. The molecule has 0 radical (unpaired) electrons. The second-order valence-corrected chi connectivity index (χ2v) is 5.81. The van der Waals surface area contributed by atoms with Crippen molar-refractivity contribution < 1.29 is 0 Å². The Labute approximate surface area is 122 Å². The van der Waals surface area contributed by atoms with E-state index < -0.39 is 0 Å². The van der Waals surface area contributed by atoms with E-state index >= 15 is 0 Å². The third kappa shape index (κ3) is 2.81. The number of fused-ring (bicyclic) bond motifs is 1. The van der Waals surface area contributed by atoms with Crippen LogP contribution in [0.5, 0.6) is 0 Å². The number of aromatic nitrogens is 1. The van der Waals surface area contributed by atoms with Gasteiger partial charge in [-0.05, 0) is 41.6 Å². The van der Waals surface area contributed by atoms with Crippen LogP contribution in [0.3, 0.4) is 0 Å². The highest BCUT2D eigenvalue weighted by molar-refractivity contribution is 7.07. The van der Waals surface area contributed by atoms with E-state index in [1.165, 1.54) is 5.56 Å². The number of benzene rings is 1. The number of pyridine rings is 1. The molecule has 3 rings (SSSR count). The zero-order chi connectivity index (χ0) is 13.9. The first-order valence-corrected chi connectivity index (χ1v) is 7.50. The van der Waals surface area contributed by atoms with Crippen LogP contribution in [0.4, 0.5) is 5.82 Å². The maximum absolute atomic E-state index is 6.07. The summed E-state index contributed by atoms with van der Waals surface area (Å²) in [7, 11) is 2.10.